The van der Waals surface area contributed by atoms with E-state index in [1.165, 1.54) is 12.8 Å². The molecule has 1 aromatic heterocycles. The third-order valence-corrected chi connectivity index (χ3v) is 2.90. The zero-order valence-electron chi connectivity index (χ0n) is 8.83. The molecule has 4 nitrogen and oxygen atoms in total. The second-order valence-corrected chi connectivity index (χ2v) is 4.50. The van der Waals surface area contributed by atoms with E-state index in [1.54, 1.807) is 4.68 Å². The van der Waals surface area contributed by atoms with Gasteiger partial charge in [0.25, 0.3) is 0 Å². The summed E-state index contributed by atoms with van der Waals surface area (Å²) in [5, 5.41) is 7.59. The van der Waals surface area contributed by atoms with Gasteiger partial charge in [0.1, 0.15) is 0 Å². The van der Waals surface area contributed by atoms with Gasteiger partial charge in [-0.2, -0.15) is 5.10 Å². The normalized spacial score (nSPS) is 20.8. The first-order chi connectivity index (χ1) is 6.59. The molecule has 14 heavy (non-hydrogen) atoms. The lowest BCUT2D eigenvalue weighted by Gasteiger charge is -2.15. The molecule has 0 bridgehead atoms. The molecule has 1 atom stereocenters. The van der Waals surface area contributed by atoms with Crippen LogP contribution < -0.4 is 11.1 Å². The lowest BCUT2D eigenvalue weighted by Crippen LogP contribution is -2.34. The quantitative estimate of drug-likeness (QED) is 0.736. The van der Waals surface area contributed by atoms with Crippen LogP contribution in [0.25, 0.3) is 0 Å². The molecule has 0 amide bonds. The SMILES string of the molecule is Cn1cc(C(N)CNC2(C)CC2)cn1. The second kappa shape index (κ2) is 3.37. The van der Waals surface area contributed by atoms with E-state index in [9.17, 15) is 0 Å². The Bertz CT molecular complexity index is 314. The Balaban J connectivity index is 1.86. The molecule has 1 heterocycles. The lowest BCUT2D eigenvalue weighted by atomic mass is 10.1. The van der Waals surface area contributed by atoms with Crippen molar-refractivity contribution in [3.8, 4) is 0 Å². The highest BCUT2D eigenvalue weighted by Crippen LogP contribution is 2.34. The van der Waals surface area contributed by atoms with Crippen molar-refractivity contribution in [2.75, 3.05) is 6.54 Å². The molecular weight excluding hydrogens is 176 g/mol. The summed E-state index contributed by atoms with van der Waals surface area (Å²) >= 11 is 0. The molecule has 2 rings (SSSR count). The van der Waals surface area contributed by atoms with Crippen molar-refractivity contribution in [2.45, 2.75) is 31.3 Å². The molecule has 0 saturated heterocycles. The molecule has 0 spiro atoms. The molecule has 1 saturated carbocycles. The first-order valence-electron chi connectivity index (χ1n) is 5.08. The molecule has 3 N–H and O–H groups in total. The van der Waals surface area contributed by atoms with Crippen molar-refractivity contribution in [1.29, 1.82) is 0 Å². The number of rotatable bonds is 4. The van der Waals surface area contributed by atoms with Crippen LogP contribution >= 0.6 is 0 Å². The molecule has 1 fully saturated rings. The van der Waals surface area contributed by atoms with Crippen LogP contribution in [0.5, 0.6) is 0 Å². The predicted molar refractivity (Wildman–Crippen MR) is 55.8 cm³/mol. The predicted octanol–water partition coefficient (Wildman–Crippen LogP) is 0.562. The fourth-order valence-electron chi connectivity index (χ4n) is 1.47. The van der Waals surface area contributed by atoms with E-state index in [1.807, 2.05) is 19.4 Å². The van der Waals surface area contributed by atoms with Crippen LogP contribution in [0.3, 0.4) is 0 Å². The third kappa shape index (κ3) is 2.13. The first kappa shape index (κ1) is 9.68. The van der Waals surface area contributed by atoms with Crippen LogP contribution in [0.4, 0.5) is 0 Å². The molecule has 1 aliphatic carbocycles. The highest BCUT2D eigenvalue weighted by atomic mass is 15.2. The Labute approximate surface area is 84.5 Å². The van der Waals surface area contributed by atoms with Gasteiger partial charge in [-0.1, -0.05) is 0 Å². The molecule has 0 aromatic carbocycles. The number of hydrogen-bond acceptors (Lipinski definition) is 3. The van der Waals surface area contributed by atoms with Crippen molar-refractivity contribution < 1.29 is 0 Å². The van der Waals surface area contributed by atoms with E-state index in [0.717, 1.165) is 12.1 Å². The topological polar surface area (TPSA) is 55.9 Å². The number of nitrogens with one attached hydrogen (secondary N) is 1. The maximum atomic E-state index is 6.03. The summed E-state index contributed by atoms with van der Waals surface area (Å²) in [7, 11) is 1.91. The van der Waals surface area contributed by atoms with Gasteiger partial charge in [-0.3, -0.25) is 4.68 Å². The van der Waals surface area contributed by atoms with Crippen LogP contribution in [0.2, 0.25) is 0 Å². The average molecular weight is 194 g/mol. The standard InChI is InChI=1S/C10H18N4/c1-10(3-4-10)12-6-9(11)8-5-13-14(2)7-8/h5,7,9,12H,3-4,6,11H2,1-2H3. The zero-order chi connectivity index (χ0) is 10.2. The summed E-state index contributed by atoms with van der Waals surface area (Å²) < 4.78 is 1.79. The van der Waals surface area contributed by atoms with Gasteiger partial charge in [0, 0.05) is 36.9 Å². The van der Waals surface area contributed by atoms with Gasteiger partial charge in [0.05, 0.1) is 6.20 Å². The molecule has 1 aliphatic rings. The van der Waals surface area contributed by atoms with Gasteiger partial charge in [-0.05, 0) is 19.8 Å². The number of aryl methyl sites for hydroxylation is 1. The fraction of sp³-hybridized carbons (Fsp3) is 0.700. The number of nitrogens with two attached hydrogens (primary N) is 1. The smallest absolute Gasteiger partial charge is 0.0537 e. The molecule has 78 valence electrons. The van der Waals surface area contributed by atoms with Crippen molar-refractivity contribution in [1.82, 2.24) is 15.1 Å². The van der Waals surface area contributed by atoms with Crippen LogP contribution in [0.1, 0.15) is 31.4 Å². The maximum Gasteiger partial charge on any atom is 0.0537 e. The molecule has 0 radical (unpaired) electrons. The van der Waals surface area contributed by atoms with Crippen LogP contribution in [0, 0.1) is 0 Å². The van der Waals surface area contributed by atoms with E-state index >= 15 is 0 Å². The van der Waals surface area contributed by atoms with Gasteiger partial charge in [0.2, 0.25) is 0 Å². The Morgan fingerprint density at radius 1 is 1.71 bits per heavy atom. The Hall–Kier alpha value is -0.870. The highest BCUT2D eigenvalue weighted by Gasteiger charge is 2.36. The van der Waals surface area contributed by atoms with Gasteiger partial charge in [-0.25, -0.2) is 0 Å². The Kier molecular flexibility index (Phi) is 2.33. The average Bonchev–Trinajstić information content (AvgIpc) is 2.71. The molecule has 1 aromatic rings. The molecule has 1 unspecified atom stereocenters. The summed E-state index contributed by atoms with van der Waals surface area (Å²) in [6, 6.07) is 0.0566. The maximum absolute atomic E-state index is 6.03. The van der Waals surface area contributed by atoms with Gasteiger partial charge >= 0.3 is 0 Å². The van der Waals surface area contributed by atoms with Gasteiger partial charge < -0.3 is 11.1 Å². The van der Waals surface area contributed by atoms with Crippen molar-refractivity contribution in [2.24, 2.45) is 12.8 Å². The number of nitrogens with zero attached hydrogens (tertiary/aromatic N) is 2. The number of aromatic nitrogens is 2. The minimum atomic E-state index is 0.0566. The van der Waals surface area contributed by atoms with E-state index in [4.69, 9.17) is 5.73 Å². The lowest BCUT2D eigenvalue weighted by molar-refractivity contribution is 0.500. The van der Waals surface area contributed by atoms with E-state index in [0.29, 0.717) is 5.54 Å². The minimum absolute atomic E-state index is 0.0566. The van der Waals surface area contributed by atoms with Crippen molar-refractivity contribution in [3.05, 3.63) is 18.0 Å². The highest BCUT2D eigenvalue weighted by molar-refractivity contribution is 5.11. The van der Waals surface area contributed by atoms with E-state index in [-0.39, 0.29) is 6.04 Å². The summed E-state index contributed by atoms with van der Waals surface area (Å²) in [4.78, 5) is 0. The largest absolute Gasteiger partial charge is 0.323 e. The summed E-state index contributed by atoms with van der Waals surface area (Å²) in [5.74, 6) is 0. The van der Waals surface area contributed by atoms with Gasteiger partial charge in [-0.15, -0.1) is 0 Å². The van der Waals surface area contributed by atoms with Gasteiger partial charge in [0.15, 0.2) is 0 Å². The monoisotopic (exact) mass is 194 g/mol. The second-order valence-electron chi connectivity index (χ2n) is 4.50. The number of hydrogen-bond donors (Lipinski definition) is 2. The minimum Gasteiger partial charge on any atom is -0.323 e. The Morgan fingerprint density at radius 2 is 2.43 bits per heavy atom. The van der Waals surface area contributed by atoms with Crippen molar-refractivity contribution >= 4 is 0 Å². The summed E-state index contributed by atoms with van der Waals surface area (Å²) in [5.41, 5.74) is 7.49. The molecule has 0 aliphatic heterocycles. The Morgan fingerprint density at radius 3 is 2.93 bits per heavy atom. The summed E-state index contributed by atoms with van der Waals surface area (Å²) in [6.45, 7) is 3.07. The first-order valence-corrected chi connectivity index (χ1v) is 5.08. The van der Waals surface area contributed by atoms with Crippen molar-refractivity contribution in [3.63, 3.8) is 0 Å². The van der Waals surface area contributed by atoms with Crippen LogP contribution in [0.15, 0.2) is 12.4 Å². The zero-order valence-corrected chi connectivity index (χ0v) is 8.83. The van der Waals surface area contributed by atoms with Crippen LogP contribution in [-0.4, -0.2) is 21.9 Å². The third-order valence-electron chi connectivity index (χ3n) is 2.90. The van der Waals surface area contributed by atoms with Crippen LogP contribution in [-0.2, 0) is 7.05 Å². The van der Waals surface area contributed by atoms with E-state index < -0.39 is 0 Å². The van der Waals surface area contributed by atoms with E-state index in [2.05, 4.69) is 17.3 Å². The summed E-state index contributed by atoms with van der Waals surface area (Å²) in [6.07, 6.45) is 6.35. The molecular formula is C10H18N4. The molecule has 4 heteroatoms. The fourth-order valence-corrected chi connectivity index (χ4v) is 1.47.